The standard InChI is InChI=1S/C8H11N5O2S/c9-7-10-8(12-11-7)16-4-6(15)13-3-1-2-5(13)14/h1-4H2,(H3,9,10,11,12). The van der Waals surface area contributed by atoms with Crippen molar-refractivity contribution in [2.75, 3.05) is 18.0 Å². The van der Waals surface area contributed by atoms with Gasteiger partial charge in [0.05, 0.1) is 5.75 Å². The summed E-state index contributed by atoms with van der Waals surface area (Å²) in [6, 6.07) is 0. The number of nitrogens with one attached hydrogen (secondary N) is 1. The Kier molecular flexibility index (Phi) is 3.09. The second-order valence-corrected chi connectivity index (χ2v) is 4.28. The molecule has 1 saturated heterocycles. The van der Waals surface area contributed by atoms with Crippen LogP contribution in [0.4, 0.5) is 5.95 Å². The van der Waals surface area contributed by atoms with E-state index in [1.54, 1.807) is 0 Å². The summed E-state index contributed by atoms with van der Waals surface area (Å²) in [7, 11) is 0. The summed E-state index contributed by atoms with van der Waals surface area (Å²) in [5.41, 5.74) is 5.34. The molecule has 1 fully saturated rings. The van der Waals surface area contributed by atoms with E-state index in [0.29, 0.717) is 18.1 Å². The maximum Gasteiger partial charge on any atom is 0.239 e. The Balaban J connectivity index is 1.86. The Morgan fingerprint density at radius 1 is 1.62 bits per heavy atom. The van der Waals surface area contributed by atoms with Crippen LogP contribution in [0, 0.1) is 0 Å². The lowest BCUT2D eigenvalue weighted by atomic mass is 10.4. The number of thioether (sulfide) groups is 1. The molecule has 2 heterocycles. The number of imide groups is 1. The first-order chi connectivity index (χ1) is 7.66. The summed E-state index contributed by atoms with van der Waals surface area (Å²) in [6.07, 6.45) is 1.22. The summed E-state index contributed by atoms with van der Waals surface area (Å²) in [6.45, 7) is 0.522. The zero-order chi connectivity index (χ0) is 11.5. The fourth-order valence-corrected chi connectivity index (χ4v) is 2.12. The van der Waals surface area contributed by atoms with Gasteiger partial charge in [0, 0.05) is 13.0 Å². The summed E-state index contributed by atoms with van der Waals surface area (Å²) in [4.78, 5) is 28.0. The Bertz CT molecular complexity index is 418. The molecule has 2 amide bonds. The van der Waals surface area contributed by atoms with Crippen LogP contribution in [-0.4, -0.2) is 44.2 Å². The molecule has 1 aliphatic rings. The number of hydrogen-bond donors (Lipinski definition) is 2. The maximum absolute atomic E-state index is 11.6. The van der Waals surface area contributed by atoms with E-state index < -0.39 is 0 Å². The van der Waals surface area contributed by atoms with Gasteiger partial charge in [0.25, 0.3) is 0 Å². The lowest BCUT2D eigenvalue weighted by Gasteiger charge is -2.11. The molecule has 16 heavy (non-hydrogen) atoms. The third-order valence-electron chi connectivity index (χ3n) is 2.18. The zero-order valence-corrected chi connectivity index (χ0v) is 9.29. The number of nitrogens with zero attached hydrogens (tertiary/aromatic N) is 3. The van der Waals surface area contributed by atoms with E-state index >= 15 is 0 Å². The number of hydrogen-bond acceptors (Lipinski definition) is 6. The van der Waals surface area contributed by atoms with E-state index in [2.05, 4.69) is 15.2 Å². The van der Waals surface area contributed by atoms with E-state index in [-0.39, 0.29) is 23.5 Å². The van der Waals surface area contributed by atoms with E-state index in [9.17, 15) is 9.59 Å². The molecular formula is C8H11N5O2S. The van der Waals surface area contributed by atoms with Crippen LogP contribution in [0.3, 0.4) is 0 Å². The smallest absolute Gasteiger partial charge is 0.239 e. The second-order valence-electron chi connectivity index (χ2n) is 3.33. The van der Waals surface area contributed by atoms with Gasteiger partial charge in [-0.25, -0.2) is 5.10 Å². The van der Waals surface area contributed by atoms with E-state index in [1.807, 2.05) is 0 Å². The number of aromatic nitrogens is 3. The first kappa shape index (κ1) is 10.9. The Morgan fingerprint density at radius 3 is 3.00 bits per heavy atom. The molecule has 8 heteroatoms. The zero-order valence-electron chi connectivity index (χ0n) is 8.47. The number of aromatic amines is 1. The minimum absolute atomic E-state index is 0.0971. The molecular weight excluding hydrogens is 230 g/mol. The van der Waals surface area contributed by atoms with Crippen molar-refractivity contribution in [3.63, 3.8) is 0 Å². The molecule has 86 valence electrons. The molecule has 1 aliphatic heterocycles. The van der Waals surface area contributed by atoms with E-state index in [0.717, 1.165) is 18.2 Å². The summed E-state index contributed by atoms with van der Waals surface area (Å²) in [5, 5.41) is 6.67. The first-order valence-electron chi connectivity index (χ1n) is 4.80. The highest BCUT2D eigenvalue weighted by atomic mass is 32.2. The fraction of sp³-hybridized carbons (Fsp3) is 0.500. The molecule has 0 unspecified atom stereocenters. The maximum atomic E-state index is 11.6. The van der Waals surface area contributed by atoms with Crippen LogP contribution in [0.1, 0.15) is 12.8 Å². The lowest BCUT2D eigenvalue weighted by Crippen LogP contribution is -2.33. The first-order valence-corrected chi connectivity index (χ1v) is 5.79. The third kappa shape index (κ3) is 2.32. The summed E-state index contributed by atoms with van der Waals surface area (Å²) in [5.74, 6) is 0.0754. The third-order valence-corrected chi connectivity index (χ3v) is 3.01. The van der Waals surface area contributed by atoms with Crippen LogP contribution in [0.5, 0.6) is 0 Å². The molecule has 0 radical (unpaired) electrons. The molecule has 0 saturated carbocycles. The molecule has 7 nitrogen and oxygen atoms in total. The molecule has 1 aromatic rings. The normalized spacial score (nSPS) is 15.8. The van der Waals surface area contributed by atoms with Crippen molar-refractivity contribution in [3.05, 3.63) is 0 Å². The van der Waals surface area contributed by atoms with Gasteiger partial charge < -0.3 is 5.73 Å². The molecule has 0 aliphatic carbocycles. The van der Waals surface area contributed by atoms with Crippen molar-refractivity contribution in [1.29, 1.82) is 0 Å². The lowest BCUT2D eigenvalue weighted by molar-refractivity contribution is -0.140. The highest BCUT2D eigenvalue weighted by Gasteiger charge is 2.26. The Hall–Kier alpha value is -1.57. The second kappa shape index (κ2) is 4.52. The van der Waals surface area contributed by atoms with Gasteiger partial charge in [-0.2, -0.15) is 4.98 Å². The van der Waals surface area contributed by atoms with Crippen molar-refractivity contribution >= 4 is 29.5 Å². The molecule has 3 N–H and O–H groups in total. The van der Waals surface area contributed by atoms with Crippen molar-refractivity contribution in [1.82, 2.24) is 20.1 Å². The number of nitrogens with two attached hydrogens (primary N) is 1. The molecule has 0 aromatic carbocycles. The fourth-order valence-electron chi connectivity index (χ4n) is 1.44. The van der Waals surface area contributed by atoms with Crippen LogP contribution < -0.4 is 5.73 Å². The van der Waals surface area contributed by atoms with Gasteiger partial charge in [-0.1, -0.05) is 11.8 Å². The van der Waals surface area contributed by atoms with Gasteiger partial charge in [0.2, 0.25) is 22.9 Å². The number of anilines is 1. The molecule has 2 rings (SSSR count). The predicted octanol–water partition coefficient (Wildman–Crippen LogP) is -0.372. The van der Waals surface area contributed by atoms with Gasteiger partial charge in [-0.15, -0.1) is 5.10 Å². The van der Waals surface area contributed by atoms with Crippen LogP contribution in [-0.2, 0) is 9.59 Å². The summed E-state index contributed by atoms with van der Waals surface area (Å²) < 4.78 is 0. The Labute approximate surface area is 95.8 Å². The predicted molar refractivity (Wildman–Crippen MR) is 57.5 cm³/mol. The van der Waals surface area contributed by atoms with Crippen molar-refractivity contribution in [2.24, 2.45) is 0 Å². The van der Waals surface area contributed by atoms with Crippen LogP contribution >= 0.6 is 11.8 Å². The van der Waals surface area contributed by atoms with E-state index in [1.165, 1.54) is 4.90 Å². The number of amides is 2. The number of carbonyl (C=O) groups is 2. The van der Waals surface area contributed by atoms with Crippen LogP contribution in [0.25, 0.3) is 0 Å². The van der Waals surface area contributed by atoms with Gasteiger partial charge >= 0.3 is 0 Å². The number of nitrogen functional groups attached to an aromatic ring is 1. The van der Waals surface area contributed by atoms with E-state index in [4.69, 9.17) is 5.73 Å². The molecule has 1 aromatic heterocycles. The van der Waals surface area contributed by atoms with Gasteiger partial charge in [-0.3, -0.25) is 14.5 Å². The van der Waals surface area contributed by atoms with Crippen LogP contribution in [0.2, 0.25) is 0 Å². The molecule has 0 spiro atoms. The highest BCUT2D eigenvalue weighted by Crippen LogP contribution is 2.16. The number of H-pyrrole nitrogens is 1. The average Bonchev–Trinajstić information content (AvgIpc) is 2.84. The monoisotopic (exact) mass is 241 g/mol. The largest absolute Gasteiger partial charge is 0.368 e. The van der Waals surface area contributed by atoms with Gasteiger partial charge in [-0.05, 0) is 6.42 Å². The van der Waals surface area contributed by atoms with Crippen LogP contribution in [0.15, 0.2) is 5.16 Å². The summed E-state index contributed by atoms with van der Waals surface area (Å²) >= 11 is 1.16. The SMILES string of the molecule is Nc1nc(SCC(=O)N2CCCC2=O)n[nH]1. The minimum Gasteiger partial charge on any atom is -0.368 e. The topological polar surface area (TPSA) is 105 Å². The number of carbonyl (C=O) groups excluding carboxylic acids is 2. The molecule has 0 atom stereocenters. The van der Waals surface area contributed by atoms with Gasteiger partial charge in [0.15, 0.2) is 0 Å². The minimum atomic E-state index is -0.198. The number of rotatable bonds is 3. The number of likely N-dealkylation sites (tertiary alicyclic amines) is 1. The highest BCUT2D eigenvalue weighted by molar-refractivity contribution is 7.99. The molecule has 0 bridgehead atoms. The van der Waals surface area contributed by atoms with Gasteiger partial charge in [0.1, 0.15) is 0 Å². The average molecular weight is 241 g/mol. The van der Waals surface area contributed by atoms with Crippen molar-refractivity contribution in [2.45, 2.75) is 18.0 Å². The van der Waals surface area contributed by atoms with Crippen molar-refractivity contribution in [3.8, 4) is 0 Å². The van der Waals surface area contributed by atoms with Crippen molar-refractivity contribution < 1.29 is 9.59 Å². The quantitative estimate of drug-likeness (QED) is 0.699. The Morgan fingerprint density at radius 2 is 2.44 bits per heavy atom.